The molecule has 0 amide bonds. The minimum Gasteiger partial charge on any atom is -0.420 e. The monoisotopic (exact) mass is 340 g/mol. The van der Waals surface area contributed by atoms with E-state index in [0.29, 0.717) is 0 Å². The summed E-state index contributed by atoms with van der Waals surface area (Å²) in [5.74, 6) is 0.0265. The van der Waals surface area contributed by atoms with Crippen LogP contribution in [0.3, 0.4) is 0 Å². The molecule has 2 aromatic carbocycles. The van der Waals surface area contributed by atoms with Gasteiger partial charge in [0.2, 0.25) is 11.8 Å². The van der Waals surface area contributed by atoms with Crippen LogP contribution in [0.4, 0.5) is 0 Å². The minimum atomic E-state index is -3.50. The van der Waals surface area contributed by atoms with Crippen LogP contribution in [0.15, 0.2) is 63.9 Å². The number of sulfone groups is 1. The Labute approximate surface area is 140 Å². The van der Waals surface area contributed by atoms with Crippen molar-refractivity contribution in [3.63, 3.8) is 0 Å². The fraction of sp³-hybridized carbons (Fsp3) is 0.111. The van der Waals surface area contributed by atoms with Crippen molar-refractivity contribution in [1.82, 2.24) is 10.2 Å². The topological polar surface area (TPSA) is 73.1 Å². The van der Waals surface area contributed by atoms with E-state index in [1.165, 1.54) is 0 Å². The van der Waals surface area contributed by atoms with Crippen molar-refractivity contribution in [1.29, 1.82) is 0 Å². The normalized spacial score (nSPS) is 11.9. The molecule has 0 radical (unpaired) electrons. The number of benzene rings is 2. The highest BCUT2D eigenvalue weighted by Gasteiger charge is 2.19. The molecule has 3 aromatic rings. The van der Waals surface area contributed by atoms with E-state index >= 15 is 0 Å². The summed E-state index contributed by atoms with van der Waals surface area (Å²) in [6.45, 7) is 1.90. The molecule has 1 aromatic heterocycles. The van der Waals surface area contributed by atoms with Gasteiger partial charge in [-0.1, -0.05) is 48.0 Å². The van der Waals surface area contributed by atoms with E-state index < -0.39 is 9.84 Å². The van der Waals surface area contributed by atoms with E-state index in [4.69, 9.17) is 4.42 Å². The Balaban J connectivity index is 1.74. The van der Waals surface area contributed by atoms with Gasteiger partial charge < -0.3 is 4.42 Å². The summed E-state index contributed by atoms with van der Waals surface area (Å²) >= 11 is 0. The average molecular weight is 340 g/mol. The summed E-state index contributed by atoms with van der Waals surface area (Å²) in [6.07, 6.45) is 3.48. The smallest absolute Gasteiger partial charge is 0.240 e. The Kier molecular flexibility index (Phi) is 4.57. The molecular weight excluding hydrogens is 324 g/mol. The Morgan fingerprint density at radius 1 is 0.958 bits per heavy atom. The van der Waals surface area contributed by atoms with Crippen molar-refractivity contribution >= 4 is 22.0 Å². The van der Waals surface area contributed by atoms with Gasteiger partial charge in [0.15, 0.2) is 9.84 Å². The first-order valence-corrected chi connectivity index (χ1v) is 9.03. The van der Waals surface area contributed by atoms with Crippen molar-refractivity contribution in [3.05, 3.63) is 77.5 Å². The van der Waals surface area contributed by atoms with Gasteiger partial charge in [-0.15, -0.1) is 10.2 Å². The van der Waals surface area contributed by atoms with Crippen LogP contribution in [0.5, 0.6) is 0 Å². The maximum atomic E-state index is 12.4. The maximum absolute atomic E-state index is 12.4. The Hall–Kier alpha value is -2.73. The molecule has 1 heterocycles. The molecule has 0 unspecified atom stereocenters. The third-order valence-electron chi connectivity index (χ3n) is 3.39. The minimum absolute atomic E-state index is 0.0725. The van der Waals surface area contributed by atoms with Gasteiger partial charge >= 0.3 is 0 Å². The molecule has 0 aliphatic rings. The standard InChI is InChI=1S/C18H16N2O3S/c1-14-7-10-16(11-8-14)24(21,22)13-18-20-19-17(23-18)12-9-15-5-3-2-4-6-15/h2-12H,13H2,1H3/b12-9+. The van der Waals surface area contributed by atoms with Gasteiger partial charge in [0.05, 0.1) is 4.90 Å². The number of aryl methyl sites for hydroxylation is 1. The highest BCUT2D eigenvalue weighted by Crippen LogP contribution is 2.17. The zero-order valence-electron chi connectivity index (χ0n) is 13.1. The summed E-state index contributed by atoms with van der Waals surface area (Å²) in [6, 6.07) is 16.3. The van der Waals surface area contributed by atoms with Crippen LogP contribution in [-0.2, 0) is 15.6 Å². The number of rotatable bonds is 5. The van der Waals surface area contributed by atoms with Gasteiger partial charge in [-0.25, -0.2) is 8.42 Å². The SMILES string of the molecule is Cc1ccc(S(=O)(=O)Cc2nnc(/C=C/c3ccccc3)o2)cc1. The molecule has 0 aliphatic heterocycles. The van der Waals surface area contributed by atoms with E-state index in [0.717, 1.165) is 11.1 Å². The average Bonchev–Trinajstić information content (AvgIpc) is 3.01. The molecule has 5 nitrogen and oxygen atoms in total. The van der Waals surface area contributed by atoms with Gasteiger partial charge in [0.25, 0.3) is 0 Å². The van der Waals surface area contributed by atoms with Crippen molar-refractivity contribution < 1.29 is 12.8 Å². The number of hydrogen-bond donors (Lipinski definition) is 0. The number of aromatic nitrogens is 2. The summed E-state index contributed by atoms with van der Waals surface area (Å²) in [5, 5.41) is 7.66. The van der Waals surface area contributed by atoms with Gasteiger partial charge in [0, 0.05) is 6.08 Å². The molecule has 6 heteroatoms. The maximum Gasteiger partial charge on any atom is 0.240 e. The number of hydrogen-bond acceptors (Lipinski definition) is 5. The second-order valence-electron chi connectivity index (χ2n) is 5.35. The predicted octanol–water partition coefficient (Wildman–Crippen LogP) is 3.52. The van der Waals surface area contributed by atoms with Crippen molar-refractivity contribution in [3.8, 4) is 0 Å². The molecule has 0 saturated heterocycles. The van der Waals surface area contributed by atoms with Gasteiger partial charge in [-0.05, 0) is 30.7 Å². The lowest BCUT2D eigenvalue weighted by atomic mass is 10.2. The van der Waals surface area contributed by atoms with Crippen molar-refractivity contribution in [2.24, 2.45) is 0 Å². The van der Waals surface area contributed by atoms with Gasteiger partial charge in [-0.3, -0.25) is 0 Å². The van der Waals surface area contributed by atoms with Crippen molar-refractivity contribution in [2.45, 2.75) is 17.6 Å². The molecule has 0 fully saturated rings. The van der Waals surface area contributed by atoms with E-state index in [9.17, 15) is 8.42 Å². The Bertz CT molecular complexity index is 943. The first kappa shape index (κ1) is 16.1. The van der Waals surface area contributed by atoms with Crippen LogP contribution < -0.4 is 0 Å². The van der Waals surface area contributed by atoms with E-state index in [2.05, 4.69) is 10.2 Å². The lowest BCUT2D eigenvalue weighted by Crippen LogP contribution is -2.05. The zero-order valence-corrected chi connectivity index (χ0v) is 13.9. The van der Waals surface area contributed by atoms with Gasteiger partial charge in [-0.2, -0.15) is 0 Å². The molecule has 0 aliphatic carbocycles. The lowest BCUT2D eigenvalue weighted by molar-refractivity contribution is 0.498. The highest BCUT2D eigenvalue weighted by molar-refractivity contribution is 7.90. The molecule has 0 atom stereocenters. The van der Waals surface area contributed by atoms with Crippen molar-refractivity contribution in [2.75, 3.05) is 0 Å². The lowest BCUT2D eigenvalue weighted by Gasteiger charge is -2.01. The highest BCUT2D eigenvalue weighted by atomic mass is 32.2. The van der Waals surface area contributed by atoms with E-state index in [-0.39, 0.29) is 22.4 Å². The molecular formula is C18H16N2O3S. The Morgan fingerprint density at radius 2 is 1.67 bits per heavy atom. The van der Waals surface area contributed by atoms with Crippen LogP contribution in [-0.4, -0.2) is 18.6 Å². The summed E-state index contributed by atoms with van der Waals surface area (Å²) in [7, 11) is -3.50. The van der Waals surface area contributed by atoms with E-state index in [1.807, 2.05) is 43.3 Å². The summed E-state index contributed by atoms with van der Waals surface area (Å²) < 4.78 is 30.1. The summed E-state index contributed by atoms with van der Waals surface area (Å²) in [4.78, 5) is 0.243. The Morgan fingerprint density at radius 3 is 2.38 bits per heavy atom. The van der Waals surface area contributed by atoms with Crippen LogP contribution >= 0.6 is 0 Å². The molecule has 3 rings (SSSR count). The van der Waals surface area contributed by atoms with Crippen LogP contribution in [0.1, 0.15) is 22.9 Å². The third kappa shape index (κ3) is 3.97. The molecule has 122 valence electrons. The third-order valence-corrected chi connectivity index (χ3v) is 5.01. The van der Waals surface area contributed by atoms with Crippen LogP contribution in [0.25, 0.3) is 12.2 Å². The summed E-state index contributed by atoms with van der Waals surface area (Å²) in [5.41, 5.74) is 1.99. The quantitative estimate of drug-likeness (QED) is 0.710. The first-order chi connectivity index (χ1) is 11.5. The fourth-order valence-electron chi connectivity index (χ4n) is 2.12. The molecule has 0 bridgehead atoms. The molecule has 0 saturated carbocycles. The number of nitrogens with zero attached hydrogens (tertiary/aromatic N) is 2. The first-order valence-electron chi connectivity index (χ1n) is 7.38. The zero-order chi connectivity index (χ0) is 17.0. The fourth-order valence-corrected chi connectivity index (χ4v) is 3.27. The van der Waals surface area contributed by atoms with Crippen LogP contribution in [0, 0.1) is 6.92 Å². The van der Waals surface area contributed by atoms with Gasteiger partial charge in [0.1, 0.15) is 5.75 Å². The van der Waals surface area contributed by atoms with E-state index in [1.54, 1.807) is 30.3 Å². The molecule has 24 heavy (non-hydrogen) atoms. The molecule has 0 N–H and O–H groups in total. The predicted molar refractivity (Wildman–Crippen MR) is 91.7 cm³/mol. The largest absolute Gasteiger partial charge is 0.420 e. The second kappa shape index (κ2) is 6.80. The van der Waals surface area contributed by atoms with Crippen LogP contribution in [0.2, 0.25) is 0 Å². The molecule has 0 spiro atoms. The second-order valence-corrected chi connectivity index (χ2v) is 7.34.